The third-order valence-electron chi connectivity index (χ3n) is 5.27. The summed E-state index contributed by atoms with van der Waals surface area (Å²) in [5.74, 6) is -0.125. The second kappa shape index (κ2) is 8.31. The standard InChI is InChI=1S/C22H21BrN6O/c1-4-28(22(30)20-8-21-26-11-17(23)12-29(21)27-20)15(3)18-6-5-7-19(14(18)2)16-9-24-13-25-10-16/h5-13,15H,4H2,1-3H3. The molecule has 0 spiro atoms. The van der Waals surface area contributed by atoms with Crippen LogP contribution in [0.15, 0.2) is 59.9 Å². The highest BCUT2D eigenvalue weighted by atomic mass is 79.9. The maximum absolute atomic E-state index is 13.3. The molecule has 0 radical (unpaired) electrons. The average Bonchev–Trinajstić information content (AvgIpc) is 3.18. The maximum atomic E-state index is 13.3. The van der Waals surface area contributed by atoms with Gasteiger partial charge in [-0.25, -0.2) is 19.5 Å². The molecule has 7 nitrogen and oxygen atoms in total. The van der Waals surface area contributed by atoms with Crippen LogP contribution in [0.5, 0.6) is 0 Å². The molecule has 0 saturated carbocycles. The summed E-state index contributed by atoms with van der Waals surface area (Å²) in [5, 5.41) is 4.42. The van der Waals surface area contributed by atoms with Crippen molar-refractivity contribution >= 4 is 27.5 Å². The van der Waals surface area contributed by atoms with Crippen molar-refractivity contribution in [2.24, 2.45) is 0 Å². The van der Waals surface area contributed by atoms with Crippen LogP contribution in [0.25, 0.3) is 16.8 Å². The Morgan fingerprint density at radius 3 is 2.73 bits per heavy atom. The van der Waals surface area contributed by atoms with E-state index in [0.717, 1.165) is 26.7 Å². The first-order chi connectivity index (χ1) is 14.5. The molecule has 4 rings (SSSR count). The number of amides is 1. The second-order valence-corrected chi connectivity index (χ2v) is 7.93. The number of aromatic nitrogens is 5. The van der Waals surface area contributed by atoms with Gasteiger partial charge in [-0.1, -0.05) is 18.2 Å². The summed E-state index contributed by atoms with van der Waals surface area (Å²) >= 11 is 3.38. The largest absolute Gasteiger partial charge is 0.331 e. The van der Waals surface area contributed by atoms with Crippen LogP contribution in [0, 0.1) is 6.92 Å². The molecule has 3 heterocycles. The van der Waals surface area contributed by atoms with E-state index in [9.17, 15) is 4.79 Å². The first kappa shape index (κ1) is 20.2. The molecular formula is C22H21BrN6O. The smallest absolute Gasteiger partial charge is 0.274 e. The molecule has 0 aliphatic carbocycles. The summed E-state index contributed by atoms with van der Waals surface area (Å²) in [6, 6.07) is 7.71. The van der Waals surface area contributed by atoms with Gasteiger partial charge in [-0.3, -0.25) is 4.79 Å². The van der Waals surface area contributed by atoms with Crippen molar-refractivity contribution in [1.82, 2.24) is 29.5 Å². The van der Waals surface area contributed by atoms with Crippen LogP contribution in [0.1, 0.15) is 41.5 Å². The number of hydrogen-bond acceptors (Lipinski definition) is 5. The fourth-order valence-corrected chi connectivity index (χ4v) is 4.02. The summed E-state index contributed by atoms with van der Waals surface area (Å²) in [7, 11) is 0. The molecule has 1 amide bonds. The van der Waals surface area contributed by atoms with Gasteiger partial charge in [-0.15, -0.1) is 0 Å². The van der Waals surface area contributed by atoms with Crippen LogP contribution in [0.2, 0.25) is 0 Å². The van der Waals surface area contributed by atoms with E-state index in [-0.39, 0.29) is 11.9 Å². The SMILES string of the molecule is CCN(C(=O)c1cc2ncc(Br)cn2n1)C(C)c1cccc(-c2cncnc2)c1C. The minimum absolute atomic E-state index is 0.125. The number of carbonyl (C=O) groups is 1. The van der Waals surface area contributed by atoms with Gasteiger partial charge in [0, 0.05) is 43.0 Å². The van der Waals surface area contributed by atoms with E-state index in [1.54, 1.807) is 35.4 Å². The Morgan fingerprint density at radius 2 is 2.00 bits per heavy atom. The quantitative estimate of drug-likeness (QED) is 0.435. The van der Waals surface area contributed by atoms with E-state index in [1.807, 2.05) is 30.9 Å². The third-order valence-corrected chi connectivity index (χ3v) is 5.68. The predicted octanol–water partition coefficient (Wildman–Crippen LogP) is 4.48. The Bertz CT molecular complexity index is 1210. The van der Waals surface area contributed by atoms with Crippen LogP contribution >= 0.6 is 15.9 Å². The first-order valence-electron chi connectivity index (χ1n) is 9.66. The van der Waals surface area contributed by atoms with Gasteiger partial charge in [-0.2, -0.15) is 5.10 Å². The number of rotatable bonds is 5. The molecule has 30 heavy (non-hydrogen) atoms. The number of benzene rings is 1. The Balaban J connectivity index is 1.68. The minimum atomic E-state index is -0.128. The molecule has 0 N–H and O–H groups in total. The average molecular weight is 465 g/mol. The lowest BCUT2D eigenvalue weighted by molar-refractivity contribution is 0.0695. The summed E-state index contributed by atoms with van der Waals surface area (Å²) < 4.78 is 2.41. The van der Waals surface area contributed by atoms with Crippen LogP contribution in [0.4, 0.5) is 0 Å². The summed E-state index contributed by atoms with van der Waals surface area (Å²) in [6.07, 6.45) is 8.59. The summed E-state index contributed by atoms with van der Waals surface area (Å²) in [6.45, 7) is 6.64. The summed E-state index contributed by atoms with van der Waals surface area (Å²) in [5.41, 5.74) is 5.20. The van der Waals surface area contributed by atoms with Crippen LogP contribution in [-0.2, 0) is 0 Å². The Morgan fingerprint density at radius 1 is 1.23 bits per heavy atom. The highest BCUT2D eigenvalue weighted by Gasteiger charge is 2.25. The Kier molecular flexibility index (Phi) is 5.59. The third kappa shape index (κ3) is 3.70. The number of nitrogens with zero attached hydrogens (tertiary/aromatic N) is 6. The second-order valence-electron chi connectivity index (χ2n) is 7.02. The fraction of sp³-hybridized carbons (Fsp3) is 0.227. The first-order valence-corrected chi connectivity index (χ1v) is 10.5. The van der Waals surface area contributed by atoms with Gasteiger partial charge in [0.25, 0.3) is 5.91 Å². The molecule has 152 valence electrons. The topological polar surface area (TPSA) is 76.3 Å². The Hall–Kier alpha value is -3.13. The van der Waals surface area contributed by atoms with Crippen molar-refractivity contribution in [3.8, 4) is 11.1 Å². The molecule has 0 aliphatic rings. The van der Waals surface area contributed by atoms with E-state index in [4.69, 9.17) is 0 Å². The highest BCUT2D eigenvalue weighted by molar-refractivity contribution is 9.10. The van der Waals surface area contributed by atoms with Crippen molar-refractivity contribution in [2.75, 3.05) is 6.54 Å². The van der Waals surface area contributed by atoms with E-state index in [0.29, 0.717) is 17.9 Å². The van der Waals surface area contributed by atoms with Crippen molar-refractivity contribution in [3.05, 3.63) is 76.7 Å². The molecule has 0 fully saturated rings. The maximum Gasteiger partial charge on any atom is 0.274 e. The van der Waals surface area contributed by atoms with Crippen LogP contribution in [-0.4, -0.2) is 41.9 Å². The lowest BCUT2D eigenvalue weighted by atomic mass is 9.94. The van der Waals surface area contributed by atoms with Gasteiger partial charge < -0.3 is 4.90 Å². The van der Waals surface area contributed by atoms with Crippen LogP contribution in [0.3, 0.4) is 0 Å². The zero-order chi connectivity index (χ0) is 21.3. The zero-order valence-corrected chi connectivity index (χ0v) is 18.5. The van der Waals surface area contributed by atoms with Gasteiger partial charge in [0.2, 0.25) is 0 Å². The molecule has 1 atom stereocenters. The minimum Gasteiger partial charge on any atom is -0.331 e. The number of carbonyl (C=O) groups excluding carboxylic acids is 1. The molecule has 0 aliphatic heterocycles. The van der Waals surface area contributed by atoms with Crippen molar-refractivity contribution < 1.29 is 4.79 Å². The normalized spacial score (nSPS) is 12.1. The zero-order valence-electron chi connectivity index (χ0n) is 17.0. The summed E-state index contributed by atoms with van der Waals surface area (Å²) in [4.78, 5) is 27.7. The lowest BCUT2D eigenvalue weighted by Gasteiger charge is -2.29. The van der Waals surface area contributed by atoms with Crippen LogP contribution < -0.4 is 0 Å². The van der Waals surface area contributed by atoms with Gasteiger partial charge in [0.05, 0.1) is 10.5 Å². The van der Waals surface area contributed by atoms with Crippen molar-refractivity contribution in [2.45, 2.75) is 26.8 Å². The van der Waals surface area contributed by atoms with Crippen molar-refractivity contribution in [1.29, 1.82) is 0 Å². The van der Waals surface area contributed by atoms with E-state index in [1.165, 1.54) is 6.33 Å². The van der Waals surface area contributed by atoms with Crippen molar-refractivity contribution in [3.63, 3.8) is 0 Å². The van der Waals surface area contributed by atoms with Gasteiger partial charge in [-0.05, 0) is 53.4 Å². The van der Waals surface area contributed by atoms with Gasteiger partial charge in [0.15, 0.2) is 11.3 Å². The molecular weight excluding hydrogens is 444 g/mol. The number of fused-ring (bicyclic) bond motifs is 1. The molecule has 0 bridgehead atoms. The monoisotopic (exact) mass is 464 g/mol. The van der Waals surface area contributed by atoms with Gasteiger partial charge >= 0.3 is 0 Å². The van der Waals surface area contributed by atoms with Gasteiger partial charge in [0.1, 0.15) is 6.33 Å². The predicted molar refractivity (Wildman–Crippen MR) is 118 cm³/mol. The fourth-order valence-electron chi connectivity index (χ4n) is 3.72. The van der Waals surface area contributed by atoms with E-state index in [2.05, 4.69) is 49.0 Å². The lowest BCUT2D eigenvalue weighted by Crippen LogP contribution is -2.34. The molecule has 1 unspecified atom stereocenters. The molecule has 3 aromatic heterocycles. The van der Waals surface area contributed by atoms with E-state index >= 15 is 0 Å². The molecule has 0 saturated heterocycles. The van der Waals surface area contributed by atoms with E-state index < -0.39 is 0 Å². The number of hydrogen-bond donors (Lipinski definition) is 0. The Labute approximate surface area is 182 Å². The molecule has 4 aromatic rings. The molecule has 8 heteroatoms. The number of halogens is 1. The molecule has 1 aromatic carbocycles. The highest BCUT2D eigenvalue weighted by Crippen LogP contribution is 2.31.